The molecule has 1 aliphatic heterocycles. The predicted octanol–water partition coefficient (Wildman–Crippen LogP) is 2.85. The lowest BCUT2D eigenvalue weighted by molar-refractivity contribution is 0.243. The van der Waals surface area contributed by atoms with Crippen LogP contribution in [-0.4, -0.2) is 60.9 Å². The van der Waals surface area contributed by atoms with Gasteiger partial charge in [-0.1, -0.05) is 12.1 Å². The minimum Gasteiger partial charge on any atom is -0.490 e. The molecule has 6 rings (SSSR count). The van der Waals surface area contributed by atoms with Crippen molar-refractivity contribution in [2.75, 3.05) is 27.2 Å². The molecule has 1 atom stereocenters. The van der Waals surface area contributed by atoms with Gasteiger partial charge < -0.3 is 9.64 Å². The van der Waals surface area contributed by atoms with Gasteiger partial charge in [0.05, 0.1) is 47.8 Å². The molecular formula is C26H23FN8O2. The Hall–Kier alpha value is -4.56. The van der Waals surface area contributed by atoms with Gasteiger partial charge in [0.25, 0.3) is 0 Å². The number of nitrogens with zero attached hydrogens (tertiary/aromatic N) is 8. The van der Waals surface area contributed by atoms with E-state index in [0.29, 0.717) is 58.7 Å². The fourth-order valence-corrected chi connectivity index (χ4v) is 4.84. The Balaban J connectivity index is 1.58. The standard InChI is InChI=1S/C26H23FN8O2/c1-32(2)9-10-33-22-15-29-24(18-14-30-34-8-6-16(13-28)12-21(18)34)31-25(22)35(26(33)36)20-7-11-37-23-17(20)4-3-5-19(23)27/h3-6,8,12,14-15,20H,7,9-11H2,1-2H3. The van der Waals surface area contributed by atoms with Crippen molar-refractivity contribution in [3.05, 3.63) is 76.4 Å². The Morgan fingerprint density at radius 3 is 2.92 bits per heavy atom. The van der Waals surface area contributed by atoms with Gasteiger partial charge in [-0.25, -0.2) is 23.7 Å². The first-order valence-corrected chi connectivity index (χ1v) is 11.9. The van der Waals surface area contributed by atoms with Crippen LogP contribution in [0.15, 0.2) is 53.7 Å². The lowest BCUT2D eigenvalue weighted by atomic mass is 10.00. The van der Waals surface area contributed by atoms with Gasteiger partial charge in [0, 0.05) is 31.3 Å². The van der Waals surface area contributed by atoms with Gasteiger partial charge >= 0.3 is 5.69 Å². The molecule has 5 heterocycles. The molecule has 0 saturated carbocycles. The Morgan fingerprint density at radius 2 is 2.11 bits per heavy atom. The number of hydrogen-bond acceptors (Lipinski definition) is 7. The van der Waals surface area contributed by atoms with Gasteiger partial charge in [-0.2, -0.15) is 10.4 Å². The van der Waals surface area contributed by atoms with Gasteiger partial charge in [-0.3, -0.25) is 9.13 Å². The highest BCUT2D eigenvalue weighted by Crippen LogP contribution is 2.37. The molecule has 11 heteroatoms. The molecule has 0 bridgehead atoms. The molecule has 1 aliphatic rings. The number of ether oxygens (including phenoxy) is 1. The fourth-order valence-electron chi connectivity index (χ4n) is 4.84. The van der Waals surface area contributed by atoms with Crippen LogP contribution in [0.1, 0.15) is 23.6 Å². The second kappa shape index (κ2) is 8.83. The Morgan fingerprint density at radius 1 is 1.24 bits per heavy atom. The molecule has 1 unspecified atom stereocenters. The molecule has 0 amide bonds. The zero-order valence-electron chi connectivity index (χ0n) is 20.3. The van der Waals surface area contributed by atoms with Crippen molar-refractivity contribution in [3.8, 4) is 23.2 Å². The first-order chi connectivity index (χ1) is 18.0. The summed E-state index contributed by atoms with van der Waals surface area (Å²) in [4.78, 5) is 25.3. The number of nitriles is 1. The summed E-state index contributed by atoms with van der Waals surface area (Å²) in [7, 11) is 3.88. The zero-order valence-corrected chi connectivity index (χ0v) is 20.3. The minimum atomic E-state index is -0.457. The van der Waals surface area contributed by atoms with E-state index in [1.54, 1.807) is 56.5 Å². The monoisotopic (exact) mass is 498 g/mol. The van der Waals surface area contributed by atoms with E-state index in [2.05, 4.69) is 16.2 Å². The van der Waals surface area contributed by atoms with Gasteiger partial charge in [-0.15, -0.1) is 0 Å². The van der Waals surface area contributed by atoms with Crippen molar-refractivity contribution in [2.24, 2.45) is 0 Å². The maximum atomic E-state index is 14.6. The normalized spacial score (nSPS) is 15.2. The van der Waals surface area contributed by atoms with E-state index in [4.69, 9.17) is 9.72 Å². The first-order valence-electron chi connectivity index (χ1n) is 11.9. The third-order valence-electron chi connectivity index (χ3n) is 6.67. The summed E-state index contributed by atoms with van der Waals surface area (Å²) in [5.74, 6) is 0.0879. The van der Waals surface area contributed by atoms with Gasteiger partial charge in [-0.05, 0) is 32.3 Å². The number of hydrogen-bond donors (Lipinski definition) is 0. The topological polar surface area (TPSA) is 106 Å². The summed E-state index contributed by atoms with van der Waals surface area (Å²) in [5, 5.41) is 13.7. The summed E-state index contributed by atoms with van der Waals surface area (Å²) in [6.45, 7) is 1.36. The molecule has 0 saturated heterocycles. The maximum Gasteiger partial charge on any atom is 0.330 e. The predicted molar refractivity (Wildman–Crippen MR) is 134 cm³/mol. The average Bonchev–Trinajstić information content (AvgIpc) is 3.44. The third-order valence-corrected chi connectivity index (χ3v) is 6.67. The number of rotatable bonds is 5. The van der Waals surface area contributed by atoms with Crippen molar-refractivity contribution in [3.63, 3.8) is 0 Å². The SMILES string of the molecule is CN(C)CCn1c(=O)n(C2CCOc3c(F)cccc32)c2nc(-c3cnn4ccc(C#N)cc34)ncc21. The quantitative estimate of drug-likeness (QED) is 0.367. The second-order valence-electron chi connectivity index (χ2n) is 9.24. The number of aromatic nitrogens is 6. The molecular weight excluding hydrogens is 475 g/mol. The molecule has 0 radical (unpaired) electrons. The lowest BCUT2D eigenvalue weighted by Gasteiger charge is -2.26. The van der Waals surface area contributed by atoms with Gasteiger partial charge in [0.15, 0.2) is 23.0 Å². The van der Waals surface area contributed by atoms with E-state index in [0.717, 1.165) is 0 Å². The van der Waals surface area contributed by atoms with Crippen LogP contribution in [0.25, 0.3) is 28.1 Å². The van der Waals surface area contributed by atoms with E-state index in [1.165, 1.54) is 6.07 Å². The largest absolute Gasteiger partial charge is 0.490 e. The highest BCUT2D eigenvalue weighted by Gasteiger charge is 2.30. The van der Waals surface area contributed by atoms with Gasteiger partial charge in [0.1, 0.15) is 5.52 Å². The third kappa shape index (κ3) is 3.73. The summed E-state index contributed by atoms with van der Waals surface area (Å²) >= 11 is 0. The maximum absolute atomic E-state index is 14.6. The van der Waals surface area contributed by atoms with Crippen molar-refractivity contribution in [1.82, 2.24) is 33.6 Å². The summed E-state index contributed by atoms with van der Waals surface area (Å²) in [6, 6.07) is 9.85. The second-order valence-corrected chi connectivity index (χ2v) is 9.24. The van der Waals surface area contributed by atoms with Crippen molar-refractivity contribution < 1.29 is 9.13 Å². The van der Waals surface area contributed by atoms with Crippen molar-refractivity contribution in [2.45, 2.75) is 19.0 Å². The number of pyridine rings is 1. The summed E-state index contributed by atoms with van der Waals surface area (Å²) < 4.78 is 25.1. The Labute approximate surface area is 210 Å². The molecule has 186 valence electrons. The molecule has 5 aromatic rings. The fraction of sp³-hybridized carbons (Fsp3) is 0.269. The number of halogens is 1. The highest BCUT2D eigenvalue weighted by atomic mass is 19.1. The van der Waals surface area contributed by atoms with E-state index < -0.39 is 11.9 Å². The van der Waals surface area contributed by atoms with Crippen LogP contribution in [0, 0.1) is 17.1 Å². The average molecular weight is 499 g/mol. The number of para-hydroxylation sites is 1. The van der Waals surface area contributed by atoms with Crippen LogP contribution in [-0.2, 0) is 6.54 Å². The number of benzene rings is 1. The Kier molecular flexibility index (Phi) is 5.46. The lowest BCUT2D eigenvalue weighted by Crippen LogP contribution is -2.33. The molecule has 1 aromatic carbocycles. The van der Waals surface area contributed by atoms with Crippen molar-refractivity contribution >= 4 is 16.7 Å². The first kappa shape index (κ1) is 22.9. The van der Waals surface area contributed by atoms with Crippen molar-refractivity contribution in [1.29, 1.82) is 5.26 Å². The van der Waals surface area contributed by atoms with Crippen LogP contribution < -0.4 is 10.4 Å². The number of fused-ring (bicyclic) bond motifs is 3. The zero-order chi connectivity index (χ0) is 25.7. The molecule has 0 spiro atoms. The van der Waals surface area contributed by atoms with Crippen LogP contribution in [0.2, 0.25) is 0 Å². The number of imidazole rings is 1. The highest BCUT2D eigenvalue weighted by molar-refractivity contribution is 5.80. The van der Waals surface area contributed by atoms with E-state index >= 15 is 0 Å². The van der Waals surface area contributed by atoms with Crippen LogP contribution in [0.3, 0.4) is 0 Å². The van der Waals surface area contributed by atoms with E-state index in [-0.39, 0.29) is 18.0 Å². The minimum absolute atomic E-state index is 0.167. The van der Waals surface area contributed by atoms with E-state index in [9.17, 15) is 14.4 Å². The van der Waals surface area contributed by atoms with E-state index in [1.807, 2.05) is 19.0 Å². The molecule has 0 N–H and O–H groups in total. The molecule has 0 aliphatic carbocycles. The smallest absolute Gasteiger partial charge is 0.330 e. The molecule has 0 fully saturated rings. The number of likely N-dealkylation sites (N-methyl/N-ethyl adjacent to an activating group) is 1. The molecule has 37 heavy (non-hydrogen) atoms. The van der Waals surface area contributed by atoms with Crippen LogP contribution in [0.5, 0.6) is 5.75 Å². The van der Waals surface area contributed by atoms with Crippen LogP contribution in [0.4, 0.5) is 4.39 Å². The summed E-state index contributed by atoms with van der Waals surface area (Å²) in [6.07, 6.45) is 5.48. The molecule has 10 nitrogen and oxygen atoms in total. The molecule has 4 aromatic heterocycles. The Bertz CT molecular complexity index is 1760. The van der Waals surface area contributed by atoms with Crippen LogP contribution >= 0.6 is 0 Å². The van der Waals surface area contributed by atoms with Gasteiger partial charge in [0.2, 0.25) is 0 Å². The summed E-state index contributed by atoms with van der Waals surface area (Å²) in [5.41, 5.74) is 3.21.